The van der Waals surface area contributed by atoms with E-state index in [1.165, 1.54) is 103 Å². The summed E-state index contributed by atoms with van der Waals surface area (Å²) in [7, 11) is 0. The SMILES string of the molecule is CC/C=C\C/C=C\C/C=C\C/C=C\CCCCCOCC(COC(=O)CCCCCCCCC/C=C\C/C=C\CCCCC)OC(=O)CCCCCCC/C=C\CCCCCC. The molecule has 0 aromatic carbocycles. The Labute approximate surface area is 384 Å². The lowest BCUT2D eigenvalue weighted by molar-refractivity contribution is -0.163. The lowest BCUT2D eigenvalue weighted by Crippen LogP contribution is -2.30. The molecule has 0 aliphatic heterocycles. The number of hydrogen-bond acceptors (Lipinski definition) is 5. The maximum absolute atomic E-state index is 12.8. The van der Waals surface area contributed by atoms with Gasteiger partial charge in [0.05, 0.1) is 6.61 Å². The average Bonchev–Trinajstić information content (AvgIpc) is 3.27. The van der Waals surface area contributed by atoms with Gasteiger partial charge in [0.2, 0.25) is 0 Å². The zero-order valence-corrected chi connectivity index (χ0v) is 40.9. The van der Waals surface area contributed by atoms with Crippen molar-refractivity contribution in [2.75, 3.05) is 19.8 Å². The maximum atomic E-state index is 12.8. The molecule has 0 saturated carbocycles. The molecular weight excluding hydrogens is 765 g/mol. The number of carbonyl (C=O) groups excluding carboxylic acids is 2. The van der Waals surface area contributed by atoms with Crippen molar-refractivity contribution in [2.45, 2.75) is 245 Å². The molecule has 0 aliphatic rings. The van der Waals surface area contributed by atoms with Crippen molar-refractivity contribution in [1.29, 1.82) is 0 Å². The highest BCUT2D eigenvalue weighted by molar-refractivity contribution is 5.70. The van der Waals surface area contributed by atoms with Crippen LogP contribution < -0.4 is 0 Å². The van der Waals surface area contributed by atoms with Crippen LogP contribution in [0.2, 0.25) is 0 Å². The number of carbonyl (C=O) groups is 2. The molecule has 0 fully saturated rings. The van der Waals surface area contributed by atoms with Crippen LogP contribution in [-0.4, -0.2) is 37.9 Å². The molecule has 356 valence electrons. The second-order valence-electron chi connectivity index (χ2n) is 17.0. The van der Waals surface area contributed by atoms with Gasteiger partial charge in [0.15, 0.2) is 6.10 Å². The van der Waals surface area contributed by atoms with Gasteiger partial charge in [0, 0.05) is 19.4 Å². The van der Waals surface area contributed by atoms with Crippen LogP contribution >= 0.6 is 0 Å². The zero-order valence-electron chi connectivity index (χ0n) is 40.9. The van der Waals surface area contributed by atoms with Gasteiger partial charge < -0.3 is 14.2 Å². The molecule has 0 aliphatic carbocycles. The molecule has 5 heteroatoms. The number of unbranched alkanes of at least 4 members (excludes halogenated alkanes) is 22. The molecule has 0 radical (unpaired) electrons. The Morgan fingerprint density at radius 3 is 1.21 bits per heavy atom. The highest BCUT2D eigenvalue weighted by Gasteiger charge is 2.17. The maximum Gasteiger partial charge on any atom is 0.306 e. The predicted molar refractivity (Wildman–Crippen MR) is 270 cm³/mol. The molecule has 0 heterocycles. The fourth-order valence-electron chi connectivity index (χ4n) is 7.00. The standard InChI is InChI=1S/C57H98O5/c1-4-7-10-13-16-19-22-25-27-29-30-33-35-38-41-44-47-50-56(58)61-54-55(62-57(59)51-48-45-42-39-36-32-24-21-18-15-12-9-6-3)53-60-52-49-46-43-40-37-34-31-28-26-23-20-17-14-11-8-5-2/h8,11,16-17,19-21,24-28,34,37,55H,4-7,9-10,12-15,18,22-23,29-33,35-36,38-54H2,1-3H3/b11-8-,19-16-,20-17-,24-21-,27-25-,28-26-,37-34-. The van der Waals surface area contributed by atoms with E-state index >= 15 is 0 Å². The normalized spacial score (nSPS) is 12.9. The predicted octanol–water partition coefficient (Wildman–Crippen LogP) is 17.7. The zero-order chi connectivity index (χ0) is 44.9. The quantitative estimate of drug-likeness (QED) is 0.0346. The van der Waals surface area contributed by atoms with E-state index in [1.54, 1.807) is 0 Å². The smallest absolute Gasteiger partial charge is 0.306 e. The summed E-state index contributed by atoms with van der Waals surface area (Å²) in [5.74, 6) is -0.434. The van der Waals surface area contributed by atoms with Crippen molar-refractivity contribution in [1.82, 2.24) is 0 Å². The van der Waals surface area contributed by atoms with Crippen LogP contribution in [0.4, 0.5) is 0 Å². The lowest BCUT2D eigenvalue weighted by atomic mass is 10.1. The number of rotatable bonds is 47. The first-order valence-corrected chi connectivity index (χ1v) is 26.1. The summed E-state index contributed by atoms with van der Waals surface area (Å²) in [6, 6.07) is 0. The molecule has 0 N–H and O–H groups in total. The summed E-state index contributed by atoms with van der Waals surface area (Å²) >= 11 is 0. The van der Waals surface area contributed by atoms with Gasteiger partial charge in [-0.05, 0) is 116 Å². The van der Waals surface area contributed by atoms with Crippen molar-refractivity contribution in [2.24, 2.45) is 0 Å². The molecule has 0 aromatic rings. The van der Waals surface area contributed by atoms with Gasteiger partial charge in [-0.15, -0.1) is 0 Å². The van der Waals surface area contributed by atoms with Gasteiger partial charge >= 0.3 is 11.9 Å². The molecule has 5 nitrogen and oxygen atoms in total. The largest absolute Gasteiger partial charge is 0.462 e. The van der Waals surface area contributed by atoms with E-state index in [9.17, 15) is 9.59 Å². The lowest BCUT2D eigenvalue weighted by Gasteiger charge is -2.18. The summed E-state index contributed by atoms with van der Waals surface area (Å²) in [5, 5.41) is 0. The Morgan fingerprint density at radius 1 is 0.371 bits per heavy atom. The Bertz CT molecular complexity index is 1160. The summed E-state index contributed by atoms with van der Waals surface area (Å²) in [5.41, 5.74) is 0. The van der Waals surface area contributed by atoms with Gasteiger partial charge in [-0.25, -0.2) is 0 Å². The van der Waals surface area contributed by atoms with Gasteiger partial charge in [-0.2, -0.15) is 0 Å². The third kappa shape index (κ3) is 49.7. The molecule has 0 saturated heterocycles. The molecule has 1 atom stereocenters. The van der Waals surface area contributed by atoms with Crippen LogP contribution in [-0.2, 0) is 23.8 Å². The molecule has 62 heavy (non-hydrogen) atoms. The Hall–Kier alpha value is -2.92. The summed E-state index contributed by atoms with van der Waals surface area (Å²) in [6.07, 6.45) is 68.7. The first kappa shape index (κ1) is 59.1. The Balaban J connectivity index is 4.35. The Morgan fingerprint density at radius 2 is 0.726 bits per heavy atom. The minimum absolute atomic E-state index is 0.0617. The van der Waals surface area contributed by atoms with E-state index in [2.05, 4.69) is 106 Å². The number of ether oxygens (including phenoxy) is 3. The highest BCUT2D eigenvalue weighted by atomic mass is 16.6. The van der Waals surface area contributed by atoms with Crippen molar-refractivity contribution >= 4 is 11.9 Å². The van der Waals surface area contributed by atoms with Crippen LogP contribution in [0.3, 0.4) is 0 Å². The van der Waals surface area contributed by atoms with Gasteiger partial charge in [-0.1, -0.05) is 196 Å². The summed E-state index contributed by atoms with van der Waals surface area (Å²) in [6.45, 7) is 7.59. The number of hydrogen-bond donors (Lipinski definition) is 0. The monoisotopic (exact) mass is 863 g/mol. The van der Waals surface area contributed by atoms with E-state index in [0.29, 0.717) is 19.4 Å². The number of esters is 2. The van der Waals surface area contributed by atoms with Crippen molar-refractivity contribution in [3.63, 3.8) is 0 Å². The first-order valence-electron chi connectivity index (χ1n) is 26.1. The molecular formula is C57H98O5. The molecule has 0 amide bonds. The average molecular weight is 863 g/mol. The first-order chi connectivity index (χ1) is 30.6. The van der Waals surface area contributed by atoms with Crippen LogP contribution in [0.15, 0.2) is 85.1 Å². The molecule has 0 rings (SSSR count). The topological polar surface area (TPSA) is 61.8 Å². The van der Waals surface area contributed by atoms with Crippen molar-refractivity contribution in [3.05, 3.63) is 85.1 Å². The van der Waals surface area contributed by atoms with Crippen LogP contribution in [0.5, 0.6) is 0 Å². The summed E-state index contributed by atoms with van der Waals surface area (Å²) in [4.78, 5) is 25.4. The van der Waals surface area contributed by atoms with Crippen molar-refractivity contribution in [3.8, 4) is 0 Å². The van der Waals surface area contributed by atoms with Crippen LogP contribution in [0.25, 0.3) is 0 Å². The second kappa shape index (κ2) is 52.4. The van der Waals surface area contributed by atoms with E-state index < -0.39 is 6.10 Å². The van der Waals surface area contributed by atoms with E-state index in [4.69, 9.17) is 14.2 Å². The fraction of sp³-hybridized carbons (Fsp3) is 0.719. The van der Waals surface area contributed by atoms with Gasteiger partial charge in [-0.3, -0.25) is 9.59 Å². The van der Waals surface area contributed by atoms with E-state index in [1.807, 2.05) is 0 Å². The molecule has 0 spiro atoms. The Kier molecular flexibility index (Phi) is 50.0. The number of allylic oxidation sites excluding steroid dienone is 14. The third-order valence-electron chi connectivity index (χ3n) is 10.9. The van der Waals surface area contributed by atoms with Gasteiger partial charge in [0.1, 0.15) is 6.61 Å². The highest BCUT2D eigenvalue weighted by Crippen LogP contribution is 2.13. The molecule has 1 unspecified atom stereocenters. The molecule has 0 bridgehead atoms. The summed E-state index contributed by atoms with van der Waals surface area (Å²) < 4.78 is 17.4. The third-order valence-corrected chi connectivity index (χ3v) is 10.9. The van der Waals surface area contributed by atoms with Crippen LogP contribution in [0, 0.1) is 0 Å². The molecule has 0 aromatic heterocycles. The van der Waals surface area contributed by atoms with E-state index in [-0.39, 0.29) is 25.2 Å². The van der Waals surface area contributed by atoms with E-state index in [0.717, 1.165) is 103 Å². The van der Waals surface area contributed by atoms with Gasteiger partial charge in [0.25, 0.3) is 0 Å². The van der Waals surface area contributed by atoms with Crippen molar-refractivity contribution < 1.29 is 23.8 Å². The van der Waals surface area contributed by atoms with Crippen LogP contribution in [0.1, 0.15) is 239 Å². The minimum Gasteiger partial charge on any atom is -0.462 e. The fourth-order valence-corrected chi connectivity index (χ4v) is 7.00. The minimum atomic E-state index is -0.563. The second-order valence-corrected chi connectivity index (χ2v) is 17.0.